The first-order valence-corrected chi connectivity index (χ1v) is 6.92. The molecule has 0 aliphatic rings. The van der Waals surface area contributed by atoms with Crippen molar-refractivity contribution < 1.29 is 9.59 Å². The Hall–Kier alpha value is -1.44. The van der Waals surface area contributed by atoms with Crippen LogP contribution in [0.25, 0.3) is 0 Å². The van der Waals surface area contributed by atoms with Gasteiger partial charge in [-0.25, -0.2) is 0 Å². The zero-order valence-corrected chi connectivity index (χ0v) is 13.2. The van der Waals surface area contributed by atoms with Crippen LogP contribution < -0.4 is 0 Å². The van der Waals surface area contributed by atoms with E-state index >= 15 is 0 Å². The van der Waals surface area contributed by atoms with Crippen LogP contribution in [0.1, 0.15) is 69.2 Å². The zero-order chi connectivity index (χ0) is 15.2. The molecule has 0 spiro atoms. The molecule has 0 heterocycles. The molecule has 1 rings (SSSR count). The summed E-state index contributed by atoms with van der Waals surface area (Å²) in [5.41, 5.74) is 0.818. The topological polar surface area (TPSA) is 34.1 Å². The average molecular weight is 262 g/mol. The first-order chi connectivity index (χ1) is 8.73. The maximum Gasteiger partial charge on any atom is 0.168 e. The molecule has 1 aromatic rings. The fraction of sp³-hybridized carbons (Fsp3) is 0.529. The summed E-state index contributed by atoms with van der Waals surface area (Å²) in [6, 6.07) is 7.01. The van der Waals surface area contributed by atoms with Gasteiger partial charge in [-0.15, -0.1) is 0 Å². The highest BCUT2D eigenvalue weighted by Gasteiger charge is 2.23. The van der Waals surface area contributed by atoms with Crippen LogP contribution >= 0.6 is 0 Å². The minimum atomic E-state index is -0.417. The van der Waals surface area contributed by atoms with Crippen molar-refractivity contribution in [2.24, 2.45) is 11.3 Å². The van der Waals surface area contributed by atoms with Crippen molar-refractivity contribution in [3.8, 4) is 0 Å². The number of hydrogen-bond acceptors (Lipinski definition) is 2. The van der Waals surface area contributed by atoms with Crippen molar-refractivity contribution in [3.05, 3.63) is 35.4 Å². The molecule has 0 aliphatic heterocycles. The molecule has 0 aromatic heterocycles. The molecule has 0 amide bonds. The van der Waals surface area contributed by atoms with Crippen LogP contribution in [-0.2, 0) is 0 Å². The lowest BCUT2D eigenvalue weighted by atomic mass is 9.85. The lowest BCUT2D eigenvalue weighted by Gasteiger charge is -2.17. The maximum absolute atomic E-state index is 12.1. The van der Waals surface area contributed by atoms with Crippen LogP contribution in [0.2, 0.25) is 0 Å². The van der Waals surface area contributed by atoms with E-state index in [4.69, 9.17) is 0 Å². The fourth-order valence-corrected chi connectivity index (χ4v) is 1.58. The van der Waals surface area contributed by atoms with E-state index in [2.05, 4.69) is 0 Å². The van der Waals surface area contributed by atoms with E-state index in [9.17, 15) is 9.59 Å². The molecule has 0 saturated heterocycles. The van der Waals surface area contributed by atoms with E-state index in [0.717, 1.165) is 0 Å². The molecule has 106 valence electrons. The van der Waals surface area contributed by atoms with Gasteiger partial charge in [-0.1, -0.05) is 66.7 Å². The molecule has 19 heavy (non-hydrogen) atoms. The first-order valence-electron chi connectivity index (χ1n) is 6.92. The number of rotatable bonds is 3. The summed E-state index contributed by atoms with van der Waals surface area (Å²) >= 11 is 0. The molecule has 0 bridgehead atoms. The smallest absolute Gasteiger partial charge is 0.168 e. The minimum Gasteiger partial charge on any atom is -0.294 e. The summed E-state index contributed by atoms with van der Waals surface area (Å²) in [5.74, 6) is 0.0967. The van der Waals surface area contributed by atoms with Gasteiger partial charge in [-0.3, -0.25) is 9.59 Å². The molecule has 0 aliphatic carbocycles. The molecule has 0 N–H and O–H groups in total. The van der Waals surface area contributed by atoms with E-state index in [1.807, 2.05) is 48.5 Å². The second kappa shape index (κ2) is 7.22. The van der Waals surface area contributed by atoms with E-state index in [1.54, 1.807) is 24.3 Å². The summed E-state index contributed by atoms with van der Waals surface area (Å²) in [7, 11) is 0. The highest BCUT2D eigenvalue weighted by Crippen LogP contribution is 2.22. The van der Waals surface area contributed by atoms with Crippen LogP contribution in [0, 0.1) is 11.3 Å². The number of benzene rings is 1. The molecule has 0 fully saturated rings. The maximum atomic E-state index is 12.1. The van der Waals surface area contributed by atoms with Crippen LogP contribution in [0.15, 0.2) is 24.3 Å². The third kappa shape index (κ3) is 4.98. The minimum absolute atomic E-state index is 0.0463. The van der Waals surface area contributed by atoms with Crippen molar-refractivity contribution in [2.45, 2.75) is 48.5 Å². The Morgan fingerprint density at radius 1 is 1.00 bits per heavy atom. The molecular weight excluding hydrogens is 236 g/mol. The van der Waals surface area contributed by atoms with E-state index in [1.165, 1.54) is 0 Å². The number of Topliss-reactive ketones (excluding diaryl/α,β-unsaturated/α-hetero) is 2. The largest absolute Gasteiger partial charge is 0.294 e. The third-order valence-electron chi connectivity index (χ3n) is 2.61. The van der Waals surface area contributed by atoms with E-state index < -0.39 is 5.41 Å². The van der Waals surface area contributed by atoms with Gasteiger partial charge in [-0.2, -0.15) is 0 Å². The summed E-state index contributed by atoms with van der Waals surface area (Å²) in [5, 5.41) is 0. The number of carbonyl (C=O) groups is 2. The Labute approximate surface area is 117 Å². The van der Waals surface area contributed by atoms with Crippen molar-refractivity contribution in [2.75, 3.05) is 0 Å². The van der Waals surface area contributed by atoms with Gasteiger partial charge in [0, 0.05) is 22.5 Å². The SMILES string of the molecule is CC.CC(C)C(=O)c1cccc(C(=O)C(C)(C)C)c1. The molecule has 0 radical (unpaired) electrons. The van der Waals surface area contributed by atoms with Crippen molar-refractivity contribution in [1.82, 2.24) is 0 Å². The monoisotopic (exact) mass is 262 g/mol. The van der Waals surface area contributed by atoms with Gasteiger partial charge in [0.2, 0.25) is 0 Å². The number of hydrogen-bond donors (Lipinski definition) is 0. The van der Waals surface area contributed by atoms with Crippen molar-refractivity contribution in [3.63, 3.8) is 0 Å². The van der Waals surface area contributed by atoms with Crippen LogP contribution in [0.3, 0.4) is 0 Å². The number of carbonyl (C=O) groups excluding carboxylic acids is 2. The lowest BCUT2D eigenvalue weighted by molar-refractivity contribution is 0.0858. The third-order valence-corrected chi connectivity index (χ3v) is 2.61. The quantitative estimate of drug-likeness (QED) is 0.734. The van der Waals surface area contributed by atoms with Gasteiger partial charge in [0.1, 0.15) is 0 Å². The predicted octanol–water partition coefficient (Wildman–Crippen LogP) is 4.78. The molecule has 1 aromatic carbocycles. The van der Waals surface area contributed by atoms with Gasteiger partial charge in [-0.05, 0) is 6.07 Å². The van der Waals surface area contributed by atoms with E-state index in [0.29, 0.717) is 11.1 Å². The summed E-state index contributed by atoms with van der Waals surface area (Å²) in [4.78, 5) is 24.0. The van der Waals surface area contributed by atoms with Gasteiger partial charge in [0.15, 0.2) is 11.6 Å². The Morgan fingerprint density at radius 2 is 1.47 bits per heavy atom. The van der Waals surface area contributed by atoms with Gasteiger partial charge in [0.25, 0.3) is 0 Å². The Bertz CT molecular complexity index is 437. The zero-order valence-electron chi connectivity index (χ0n) is 13.2. The van der Waals surface area contributed by atoms with Crippen LogP contribution in [-0.4, -0.2) is 11.6 Å². The predicted molar refractivity (Wildman–Crippen MR) is 80.7 cm³/mol. The summed E-state index contributed by atoms with van der Waals surface area (Å²) in [6.07, 6.45) is 0. The van der Waals surface area contributed by atoms with Gasteiger partial charge >= 0.3 is 0 Å². The number of ketones is 2. The summed E-state index contributed by atoms with van der Waals surface area (Å²) < 4.78 is 0. The molecule has 2 heteroatoms. The van der Waals surface area contributed by atoms with Crippen molar-refractivity contribution >= 4 is 11.6 Å². The molecule has 0 unspecified atom stereocenters. The normalized spacial score (nSPS) is 10.7. The average Bonchev–Trinajstić information content (AvgIpc) is 2.38. The molecular formula is C17H26O2. The summed E-state index contributed by atoms with van der Waals surface area (Å²) in [6.45, 7) is 13.4. The second-order valence-electron chi connectivity index (χ2n) is 5.68. The van der Waals surface area contributed by atoms with Crippen molar-refractivity contribution in [1.29, 1.82) is 0 Å². The van der Waals surface area contributed by atoms with Crippen LogP contribution in [0.4, 0.5) is 0 Å². The van der Waals surface area contributed by atoms with Gasteiger partial charge < -0.3 is 0 Å². The molecule has 0 atom stereocenters. The lowest BCUT2D eigenvalue weighted by Crippen LogP contribution is -2.20. The standard InChI is InChI=1S/C15H20O2.C2H6/c1-10(2)13(16)11-7-6-8-12(9-11)14(17)15(3,4)5;1-2/h6-10H,1-5H3;1-2H3. The fourth-order valence-electron chi connectivity index (χ4n) is 1.58. The Balaban J connectivity index is 0.00000154. The van der Waals surface area contributed by atoms with Gasteiger partial charge in [0.05, 0.1) is 0 Å². The van der Waals surface area contributed by atoms with Crippen LogP contribution in [0.5, 0.6) is 0 Å². The molecule has 0 saturated carbocycles. The van der Waals surface area contributed by atoms with E-state index in [-0.39, 0.29) is 17.5 Å². The first kappa shape index (κ1) is 17.6. The second-order valence-corrected chi connectivity index (χ2v) is 5.68. The Kier molecular flexibility index (Phi) is 6.68. The highest BCUT2D eigenvalue weighted by atomic mass is 16.1. The highest BCUT2D eigenvalue weighted by molar-refractivity contribution is 6.03. The Morgan fingerprint density at radius 3 is 1.89 bits per heavy atom. The molecule has 2 nitrogen and oxygen atoms in total.